The maximum absolute atomic E-state index is 12.3. The maximum Gasteiger partial charge on any atom is 0.237 e. The van der Waals surface area contributed by atoms with E-state index in [1.807, 2.05) is 6.07 Å². The fraction of sp³-hybridized carbons (Fsp3) is 0.125. The summed E-state index contributed by atoms with van der Waals surface area (Å²) in [5.74, 6) is -0.179. The smallest absolute Gasteiger partial charge is 0.237 e. The van der Waals surface area contributed by atoms with Crippen molar-refractivity contribution in [3.05, 3.63) is 47.1 Å². The molecule has 0 aliphatic heterocycles. The zero-order chi connectivity index (χ0) is 17.1. The average molecular weight is 358 g/mol. The Bertz CT molecular complexity index is 949. The Hall–Kier alpha value is -2.56. The van der Waals surface area contributed by atoms with Gasteiger partial charge in [-0.1, -0.05) is 29.4 Å². The van der Waals surface area contributed by atoms with Crippen LogP contribution in [0.3, 0.4) is 0 Å². The molecule has 0 fully saturated rings. The molecule has 0 aliphatic rings. The van der Waals surface area contributed by atoms with Crippen molar-refractivity contribution in [2.75, 3.05) is 5.32 Å². The lowest BCUT2D eigenvalue weighted by Crippen LogP contribution is -2.22. The summed E-state index contributed by atoms with van der Waals surface area (Å²) in [5, 5.41) is 12.4. The number of rotatable bonds is 4. The number of aromatic amines is 1. The van der Waals surface area contributed by atoms with E-state index in [0.29, 0.717) is 27.1 Å². The molecular weight excluding hydrogens is 346 g/mol. The highest BCUT2D eigenvalue weighted by Gasteiger charge is 2.17. The molecule has 0 unspecified atom stereocenters. The molecule has 0 bridgehead atoms. The zero-order valence-electron chi connectivity index (χ0n) is 12.6. The molecular formula is C16H12ClN5OS. The topological polar surface area (TPSA) is 94.5 Å². The summed E-state index contributed by atoms with van der Waals surface area (Å²) in [6, 6.07) is 10.5. The average Bonchev–Trinajstić information content (AvgIpc) is 2.96. The predicted molar refractivity (Wildman–Crippen MR) is 94.0 cm³/mol. The Morgan fingerprint density at radius 3 is 3.08 bits per heavy atom. The highest BCUT2D eigenvalue weighted by Crippen LogP contribution is 2.24. The van der Waals surface area contributed by atoms with Gasteiger partial charge in [-0.3, -0.25) is 4.79 Å². The number of amides is 1. The Morgan fingerprint density at radius 2 is 2.29 bits per heavy atom. The van der Waals surface area contributed by atoms with Gasteiger partial charge in [-0.2, -0.15) is 5.26 Å². The summed E-state index contributed by atoms with van der Waals surface area (Å²) < 4.78 is 0. The molecule has 24 heavy (non-hydrogen) atoms. The van der Waals surface area contributed by atoms with Crippen LogP contribution in [0.15, 0.2) is 41.7 Å². The minimum absolute atomic E-state index is 0.179. The van der Waals surface area contributed by atoms with Gasteiger partial charge in [0.15, 0.2) is 10.8 Å². The van der Waals surface area contributed by atoms with E-state index in [2.05, 4.69) is 20.3 Å². The third-order valence-electron chi connectivity index (χ3n) is 3.20. The van der Waals surface area contributed by atoms with Crippen LogP contribution in [0, 0.1) is 11.3 Å². The summed E-state index contributed by atoms with van der Waals surface area (Å²) in [4.78, 5) is 23.8. The third-order valence-corrected chi connectivity index (χ3v) is 4.39. The molecule has 1 amide bonds. The van der Waals surface area contributed by atoms with Gasteiger partial charge in [0.1, 0.15) is 0 Å². The van der Waals surface area contributed by atoms with Crippen molar-refractivity contribution in [1.82, 2.24) is 15.0 Å². The van der Waals surface area contributed by atoms with E-state index in [0.717, 1.165) is 5.52 Å². The number of carbonyl (C=O) groups excluding carboxylic acids is 1. The Labute approximate surface area is 147 Å². The molecule has 3 aromatic rings. The van der Waals surface area contributed by atoms with E-state index in [4.69, 9.17) is 16.9 Å². The predicted octanol–water partition coefficient (Wildman–Crippen LogP) is 3.60. The van der Waals surface area contributed by atoms with Crippen LogP contribution in [0.2, 0.25) is 5.02 Å². The van der Waals surface area contributed by atoms with E-state index in [-0.39, 0.29) is 11.2 Å². The monoisotopic (exact) mass is 357 g/mol. The van der Waals surface area contributed by atoms with Crippen LogP contribution in [0.5, 0.6) is 0 Å². The molecule has 2 N–H and O–H groups in total. The van der Waals surface area contributed by atoms with Crippen LogP contribution in [-0.2, 0) is 4.79 Å². The van der Waals surface area contributed by atoms with E-state index >= 15 is 0 Å². The number of pyridine rings is 1. The molecule has 120 valence electrons. The Morgan fingerprint density at radius 1 is 1.46 bits per heavy atom. The number of H-pyrrole nitrogens is 1. The summed E-state index contributed by atoms with van der Waals surface area (Å²) >= 11 is 7.18. The fourth-order valence-corrected chi connectivity index (χ4v) is 3.01. The first-order chi connectivity index (χ1) is 11.5. The van der Waals surface area contributed by atoms with Crippen molar-refractivity contribution in [1.29, 1.82) is 5.26 Å². The van der Waals surface area contributed by atoms with Crippen LogP contribution >= 0.6 is 23.4 Å². The lowest BCUT2D eigenvalue weighted by Gasteiger charge is -2.10. The van der Waals surface area contributed by atoms with Crippen LogP contribution in [0.1, 0.15) is 12.5 Å². The van der Waals surface area contributed by atoms with Gasteiger partial charge in [0, 0.05) is 11.9 Å². The molecule has 2 heterocycles. The number of hydrogen-bond acceptors (Lipinski definition) is 5. The lowest BCUT2D eigenvalue weighted by molar-refractivity contribution is -0.115. The number of carbonyl (C=O) groups is 1. The van der Waals surface area contributed by atoms with Crippen molar-refractivity contribution >= 4 is 46.1 Å². The maximum atomic E-state index is 12.3. The minimum Gasteiger partial charge on any atom is -0.331 e. The highest BCUT2D eigenvalue weighted by molar-refractivity contribution is 8.00. The van der Waals surface area contributed by atoms with Gasteiger partial charge in [0.2, 0.25) is 5.91 Å². The molecule has 1 aromatic carbocycles. The molecule has 6 nitrogen and oxygen atoms in total. The van der Waals surface area contributed by atoms with Gasteiger partial charge in [0.25, 0.3) is 0 Å². The molecule has 2 aromatic heterocycles. The first-order valence-electron chi connectivity index (χ1n) is 7.04. The summed E-state index contributed by atoms with van der Waals surface area (Å²) in [7, 11) is 0. The van der Waals surface area contributed by atoms with Crippen molar-refractivity contribution in [2.24, 2.45) is 0 Å². The number of fused-ring (bicyclic) bond motifs is 1. The minimum atomic E-state index is -0.383. The number of halogens is 1. The largest absolute Gasteiger partial charge is 0.331 e. The molecule has 8 heteroatoms. The summed E-state index contributed by atoms with van der Waals surface area (Å²) in [6.07, 6.45) is 1.53. The second-order valence-electron chi connectivity index (χ2n) is 5.01. The van der Waals surface area contributed by atoms with E-state index in [9.17, 15) is 4.79 Å². The number of thioether (sulfide) groups is 1. The molecule has 3 rings (SSSR count). The van der Waals surface area contributed by atoms with E-state index in [1.165, 1.54) is 18.0 Å². The van der Waals surface area contributed by atoms with E-state index in [1.54, 1.807) is 37.3 Å². The molecule has 0 saturated heterocycles. The van der Waals surface area contributed by atoms with Crippen LogP contribution in [0.25, 0.3) is 11.2 Å². The third kappa shape index (κ3) is 3.67. The highest BCUT2D eigenvalue weighted by atomic mass is 35.5. The van der Waals surface area contributed by atoms with Crippen LogP contribution < -0.4 is 5.32 Å². The molecule has 0 spiro atoms. The molecule has 0 saturated carbocycles. The van der Waals surface area contributed by atoms with Gasteiger partial charge in [0.05, 0.1) is 27.4 Å². The van der Waals surface area contributed by atoms with Crippen molar-refractivity contribution in [2.45, 2.75) is 17.3 Å². The quantitative estimate of drug-likeness (QED) is 0.695. The SMILES string of the molecule is C[C@@H](Sc1nc2ncc(Cl)cc2[nH]1)C(=O)Nc1cccc(C#N)c1. The van der Waals surface area contributed by atoms with Crippen molar-refractivity contribution in [3.8, 4) is 6.07 Å². The van der Waals surface area contributed by atoms with Crippen LogP contribution in [0.4, 0.5) is 5.69 Å². The molecule has 0 radical (unpaired) electrons. The summed E-state index contributed by atoms with van der Waals surface area (Å²) in [6.45, 7) is 1.78. The fourth-order valence-electron chi connectivity index (χ4n) is 2.04. The second-order valence-corrected chi connectivity index (χ2v) is 6.77. The molecule has 1 atom stereocenters. The number of nitrogens with zero attached hydrogens (tertiary/aromatic N) is 3. The number of nitrogens with one attached hydrogen (secondary N) is 2. The van der Waals surface area contributed by atoms with Gasteiger partial charge < -0.3 is 10.3 Å². The lowest BCUT2D eigenvalue weighted by atomic mass is 10.2. The number of anilines is 1. The normalized spacial score (nSPS) is 11.9. The number of aromatic nitrogens is 3. The Balaban J connectivity index is 1.69. The van der Waals surface area contributed by atoms with E-state index < -0.39 is 0 Å². The van der Waals surface area contributed by atoms with Crippen molar-refractivity contribution < 1.29 is 4.79 Å². The van der Waals surface area contributed by atoms with Gasteiger partial charge >= 0.3 is 0 Å². The first-order valence-corrected chi connectivity index (χ1v) is 8.30. The summed E-state index contributed by atoms with van der Waals surface area (Å²) in [5.41, 5.74) is 2.36. The van der Waals surface area contributed by atoms with Gasteiger partial charge in [-0.05, 0) is 31.2 Å². The van der Waals surface area contributed by atoms with Gasteiger partial charge in [-0.15, -0.1) is 0 Å². The standard InChI is InChI=1S/C16H12ClN5OS/c1-9(15(23)20-12-4-2-3-10(5-12)7-18)24-16-21-13-6-11(17)8-19-14(13)22-16/h2-6,8-9H,1H3,(H,20,23)(H,19,21,22)/t9-/m1/s1. The second kappa shape index (κ2) is 6.91. The first kappa shape index (κ1) is 16.3. The number of imidazole rings is 1. The molecule has 0 aliphatic carbocycles. The van der Waals surface area contributed by atoms with Crippen molar-refractivity contribution in [3.63, 3.8) is 0 Å². The Kier molecular flexibility index (Phi) is 4.69. The van der Waals surface area contributed by atoms with Gasteiger partial charge in [-0.25, -0.2) is 9.97 Å². The number of benzene rings is 1. The van der Waals surface area contributed by atoms with Crippen LogP contribution in [-0.4, -0.2) is 26.1 Å². The number of nitriles is 1. The zero-order valence-corrected chi connectivity index (χ0v) is 14.1. The number of hydrogen-bond donors (Lipinski definition) is 2.